The summed E-state index contributed by atoms with van der Waals surface area (Å²) >= 11 is 3.11. The van der Waals surface area contributed by atoms with Crippen molar-refractivity contribution in [1.29, 1.82) is 0 Å². The maximum atomic E-state index is 13.3. The van der Waals surface area contributed by atoms with Gasteiger partial charge in [0.25, 0.3) is 20.2 Å². The SMILES string of the molecule is CCCCSc1nc(Nc2cc(N(CC)CC)c(OC)cc2/N=N/c2sc3c(c2S(=O)(=O)O)CC(C)(C)CC3=O)nc(Nc2cc(N(CC)CC)c(OC)cc2/N=N/c2sc3c(c2S(=O)(=O)O)CC(C)(C)CC3=O)n1. The van der Waals surface area contributed by atoms with Gasteiger partial charge in [0.2, 0.25) is 11.9 Å². The third-order valence-corrected chi connectivity index (χ3v) is 18.0. The summed E-state index contributed by atoms with van der Waals surface area (Å²) in [4.78, 5) is 44.6. The van der Waals surface area contributed by atoms with Crippen LogP contribution in [0.5, 0.6) is 11.5 Å². The van der Waals surface area contributed by atoms with Gasteiger partial charge < -0.3 is 29.9 Å². The molecule has 0 spiro atoms. The van der Waals surface area contributed by atoms with Crippen LogP contribution in [-0.2, 0) is 33.1 Å². The molecule has 21 nitrogen and oxygen atoms in total. The highest BCUT2D eigenvalue weighted by atomic mass is 32.2. The Morgan fingerprint density at radius 1 is 0.640 bits per heavy atom. The van der Waals surface area contributed by atoms with E-state index < -0.39 is 40.9 Å². The van der Waals surface area contributed by atoms with Crippen molar-refractivity contribution in [1.82, 2.24) is 15.0 Å². The highest BCUT2D eigenvalue weighted by Crippen LogP contribution is 2.50. The molecule has 7 rings (SSSR count). The minimum Gasteiger partial charge on any atom is -0.494 e. The Kier molecular flexibility index (Phi) is 17.4. The number of benzene rings is 2. The molecule has 5 aromatic rings. The maximum absolute atomic E-state index is 13.3. The fourth-order valence-corrected chi connectivity index (χ4v) is 14.5. The summed E-state index contributed by atoms with van der Waals surface area (Å²) in [6, 6.07) is 6.82. The van der Waals surface area contributed by atoms with E-state index in [1.807, 2.05) is 55.4 Å². The van der Waals surface area contributed by atoms with Crippen LogP contribution in [0.15, 0.2) is 59.7 Å². The Morgan fingerprint density at radius 2 is 1.04 bits per heavy atom. The molecule has 3 heterocycles. The van der Waals surface area contributed by atoms with Gasteiger partial charge in [0.15, 0.2) is 26.7 Å². The number of thiophene rings is 2. The molecule has 2 aromatic carbocycles. The molecule has 0 fully saturated rings. The van der Waals surface area contributed by atoms with Crippen molar-refractivity contribution in [2.45, 2.75) is 116 Å². The Morgan fingerprint density at radius 3 is 1.39 bits per heavy atom. The summed E-state index contributed by atoms with van der Waals surface area (Å²) in [5.41, 5.74) is 1.67. The molecular formula is C49H63N11O10S5. The number of rotatable bonds is 22. The van der Waals surface area contributed by atoms with Crippen molar-refractivity contribution in [3.05, 3.63) is 45.1 Å². The molecule has 0 amide bonds. The fourth-order valence-electron chi connectivity index (χ4n) is 9.13. The smallest absolute Gasteiger partial charge is 0.297 e. The molecule has 0 saturated carbocycles. The van der Waals surface area contributed by atoms with Gasteiger partial charge in [-0.05, 0) is 81.0 Å². The fraction of sp³-hybridized carbons (Fsp3) is 0.490. The first-order valence-corrected chi connectivity index (χ1v) is 29.9. The number of thioether (sulfide) groups is 1. The van der Waals surface area contributed by atoms with Crippen LogP contribution >= 0.6 is 34.4 Å². The zero-order valence-corrected chi connectivity index (χ0v) is 47.9. The number of anilines is 6. The van der Waals surface area contributed by atoms with Gasteiger partial charge in [-0.25, -0.2) is 0 Å². The molecule has 75 heavy (non-hydrogen) atoms. The van der Waals surface area contributed by atoms with Gasteiger partial charge >= 0.3 is 0 Å². The molecule has 0 aliphatic heterocycles. The molecule has 0 saturated heterocycles. The minimum atomic E-state index is -4.85. The Hall–Kier alpha value is -5.64. The van der Waals surface area contributed by atoms with E-state index in [4.69, 9.17) is 24.4 Å². The summed E-state index contributed by atoms with van der Waals surface area (Å²) in [6.45, 7) is 19.9. The second kappa shape index (κ2) is 22.9. The predicted molar refractivity (Wildman–Crippen MR) is 295 cm³/mol. The van der Waals surface area contributed by atoms with Gasteiger partial charge in [-0.15, -0.1) is 43.1 Å². The van der Waals surface area contributed by atoms with E-state index in [-0.39, 0.29) is 91.4 Å². The third kappa shape index (κ3) is 12.8. The van der Waals surface area contributed by atoms with Crippen molar-refractivity contribution < 1.29 is 45.0 Å². The lowest BCUT2D eigenvalue weighted by Crippen LogP contribution is -2.26. The predicted octanol–water partition coefficient (Wildman–Crippen LogP) is 12.7. The second-order valence-electron chi connectivity index (χ2n) is 19.5. The lowest BCUT2D eigenvalue weighted by molar-refractivity contribution is 0.0907. The minimum absolute atomic E-state index is 0.0619. The standard InChI is InChI=1S/C49H63N11O10S5/c1-12-17-18-71-47-53-45(50-29-19-33(59(13-2)14-3)37(69-10)21-31(29)55-57-43-41(74(63,64)65)27-23-48(6,7)25-35(61)39(27)72-43)52-46(54-47)51-30-20-34(60(15-4)16-5)38(70-11)22-32(30)56-58-44-42(75(66,67)68)28-24-49(8,9)26-36(62)40(28)73-44/h19-22H,12-18,23-26H2,1-11H3,(H,63,64,65)(H,66,67,68)(H2,50,51,52,53,54)/b57-55+,58-56+. The van der Waals surface area contributed by atoms with Crippen LogP contribution < -0.4 is 29.9 Å². The van der Waals surface area contributed by atoms with Gasteiger partial charge in [0.1, 0.15) is 32.7 Å². The highest BCUT2D eigenvalue weighted by Gasteiger charge is 2.40. The van der Waals surface area contributed by atoms with E-state index in [9.17, 15) is 35.5 Å². The Labute approximate surface area is 450 Å². The van der Waals surface area contributed by atoms with Crippen LogP contribution in [0.2, 0.25) is 0 Å². The molecule has 4 N–H and O–H groups in total. The maximum Gasteiger partial charge on any atom is 0.297 e. The van der Waals surface area contributed by atoms with Crippen molar-refractivity contribution in [2.24, 2.45) is 31.3 Å². The van der Waals surface area contributed by atoms with Gasteiger partial charge in [-0.2, -0.15) is 31.8 Å². The second-order valence-corrected chi connectivity index (χ2v) is 25.2. The number of azo groups is 2. The number of unbranched alkanes of at least 4 members (excludes halogenated alkanes) is 1. The first-order valence-electron chi connectivity index (χ1n) is 24.4. The van der Waals surface area contributed by atoms with E-state index in [1.54, 1.807) is 24.3 Å². The quantitative estimate of drug-likeness (QED) is 0.0217. The number of carbonyl (C=O) groups is 2. The zero-order valence-electron chi connectivity index (χ0n) is 43.8. The van der Waals surface area contributed by atoms with Gasteiger partial charge in [0.05, 0.1) is 46.7 Å². The highest BCUT2D eigenvalue weighted by molar-refractivity contribution is 7.99. The number of nitrogens with zero attached hydrogens (tertiary/aromatic N) is 9. The van der Waals surface area contributed by atoms with Crippen molar-refractivity contribution in [3.63, 3.8) is 0 Å². The number of ether oxygens (including phenoxy) is 2. The van der Waals surface area contributed by atoms with Crippen LogP contribution in [0.3, 0.4) is 0 Å². The zero-order chi connectivity index (χ0) is 54.8. The molecule has 404 valence electrons. The van der Waals surface area contributed by atoms with E-state index >= 15 is 0 Å². The van der Waals surface area contributed by atoms with Crippen LogP contribution in [0.25, 0.3) is 0 Å². The average molecular weight is 1130 g/mol. The summed E-state index contributed by atoms with van der Waals surface area (Å²) in [5, 5.41) is 24.5. The molecule has 0 radical (unpaired) electrons. The Balaban J connectivity index is 1.37. The molecule has 3 aromatic heterocycles. The molecule has 0 unspecified atom stereocenters. The average Bonchev–Trinajstić information content (AvgIpc) is 3.90. The van der Waals surface area contributed by atoms with Gasteiger partial charge in [-0.1, -0.05) is 52.8 Å². The van der Waals surface area contributed by atoms with Crippen LogP contribution in [0.1, 0.15) is 118 Å². The van der Waals surface area contributed by atoms with Crippen molar-refractivity contribution >= 4 is 122 Å². The molecular weight excluding hydrogens is 1060 g/mol. The normalized spacial score (nSPS) is 15.3. The largest absolute Gasteiger partial charge is 0.494 e. The topological polar surface area (TPSA) is 280 Å². The number of aromatic nitrogens is 3. The van der Waals surface area contributed by atoms with Crippen LogP contribution in [0, 0.1) is 10.8 Å². The number of hydrogen-bond acceptors (Lipinski definition) is 22. The molecule has 26 heteroatoms. The van der Waals surface area contributed by atoms with E-state index in [2.05, 4.69) is 47.8 Å². The lowest BCUT2D eigenvalue weighted by atomic mass is 9.76. The Bertz CT molecular complexity index is 3080. The first kappa shape index (κ1) is 57.1. The van der Waals surface area contributed by atoms with Crippen molar-refractivity contribution in [2.75, 3.05) is 66.6 Å². The number of fused-ring (bicyclic) bond motifs is 2. The number of nitrogens with one attached hydrogen (secondary N) is 2. The first-order chi connectivity index (χ1) is 35.4. The van der Waals surface area contributed by atoms with Crippen molar-refractivity contribution in [3.8, 4) is 11.5 Å². The molecule has 0 atom stereocenters. The number of methoxy groups -OCH3 is 2. The number of ketones is 2. The van der Waals surface area contributed by atoms with Gasteiger partial charge in [0, 0.05) is 56.9 Å². The van der Waals surface area contributed by atoms with E-state index in [0.717, 1.165) is 35.5 Å². The molecule has 2 aliphatic carbocycles. The summed E-state index contributed by atoms with van der Waals surface area (Å²) in [7, 11) is -6.67. The van der Waals surface area contributed by atoms with E-state index in [0.29, 0.717) is 71.3 Å². The summed E-state index contributed by atoms with van der Waals surface area (Å²) in [5.74, 6) is 1.15. The van der Waals surface area contributed by atoms with E-state index in [1.165, 1.54) is 26.0 Å². The van der Waals surface area contributed by atoms with Crippen LogP contribution in [-0.4, -0.2) is 98.6 Å². The summed E-state index contributed by atoms with van der Waals surface area (Å²) in [6.07, 6.45) is 2.61. The summed E-state index contributed by atoms with van der Waals surface area (Å²) < 4.78 is 84.6. The van der Waals surface area contributed by atoms with Gasteiger partial charge in [-0.3, -0.25) is 18.7 Å². The lowest BCUT2D eigenvalue weighted by Gasteiger charge is -2.28. The monoisotopic (exact) mass is 1130 g/mol. The number of Topliss-reactive ketones (excluding diaryl/α,β-unsaturated/α-hetero) is 2. The molecule has 2 aliphatic rings. The third-order valence-electron chi connectivity index (χ3n) is 12.6. The number of hydrogen-bond donors (Lipinski definition) is 4. The number of carbonyl (C=O) groups excluding carboxylic acids is 2. The van der Waals surface area contributed by atoms with Crippen LogP contribution in [0.4, 0.5) is 56.0 Å². The molecule has 0 bridgehead atoms.